The first-order valence-corrected chi connectivity index (χ1v) is 6.96. The van der Waals surface area contributed by atoms with Gasteiger partial charge in [0.1, 0.15) is 6.04 Å². The second-order valence-electron chi connectivity index (χ2n) is 4.38. The molecule has 0 radical (unpaired) electrons. The van der Waals surface area contributed by atoms with Crippen LogP contribution >= 0.6 is 11.8 Å². The molecule has 1 aromatic rings. The Bertz CT molecular complexity index is 379. The van der Waals surface area contributed by atoms with Gasteiger partial charge in [0.2, 0.25) is 0 Å². The number of aryl methyl sites for hydroxylation is 1. The highest BCUT2D eigenvalue weighted by Crippen LogP contribution is 2.18. The number of carbonyl (C=O) groups excluding carboxylic acids is 1. The third-order valence-corrected chi connectivity index (χ3v) is 3.36. The van der Waals surface area contributed by atoms with Crippen LogP contribution in [0.3, 0.4) is 0 Å². The van der Waals surface area contributed by atoms with Crippen LogP contribution in [-0.2, 0) is 16.6 Å². The Balaban J connectivity index is 2.39. The first kappa shape index (κ1) is 15.0. The molecule has 5 nitrogen and oxygen atoms in total. The van der Waals surface area contributed by atoms with E-state index in [9.17, 15) is 4.79 Å². The number of nitrogens with one attached hydrogen (secondary N) is 1. The number of hydrogen-bond acceptors (Lipinski definition) is 5. The van der Waals surface area contributed by atoms with Crippen LogP contribution in [0.5, 0.6) is 0 Å². The normalized spacial score (nSPS) is 12.7. The van der Waals surface area contributed by atoms with Gasteiger partial charge in [0, 0.05) is 29.9 Å². The van der Waals surface area contributed by atoms with E-state index >= 15 is 0 Å². The lowest BCUT2D eigenvalue weighted by Gasteiger charge is -2.18. The van der Waals surface area contributed by atoms with Gasteiger partial charge >= 0.3 is 5.97 Å². The Morgan fingerprint density at radius 1 is 1.61 bits per heavy atom. The van der Waals surface area contributed by atoms with Crippen LogP contribution in [-0.4, -0.2) is 40.7 Å². The number of hydrogen-bond donors (Lipinski definition) is 1. The molecule has 102 valence electrons. The molecule has 0 saturated carbocycles. The second-order valence-corrected chi connectivity index (χ2v) is 5.55. The molecule has 1 heterocycles. The Hall–Kier alpha value is -1.01. The number of carbonyl (C=O) groups is 1. The molecule has 0 saturated heterocycles. The van der Waals surface area contributed by atoms with Crippen LogP contribution in [0.2, 0.25) is 0 Å². The average molecular weight is 271 g/mol. The van der Waals surface area contributed by atoms with Gasteiger partial charge in [-0.05, 0) is 6.42 Å². The summed E-state index contributed by atoms with van der Waals surface area (Å²) < 4.78 is 6.56. The standard InChI is InChI=1S/C12H21N3O2S/c1-9(2)14-11(12(16)17-4)5-6-18-10-7-13-15(3)8-10/h7-9,11,14H,5-6H2,1-4H3. The summed E-state index contributed by atoms with van der Waals surface area (Å²) in [5.74, 6) is 0.654. The van der Waals surface area contributed by atoms with E-state index in [0.717, 1.165) is 17.1 Å². The first-order chi connectivity index (χ1) is 8.52. The number of esters is 1. The zero-order valence-electron chi connectivity index (χ0n) is 11.3. The summed E-state index contributed by atoms with van der Waals surface area (Å²) in [6.07, 6.45) is 4.53. The van der Waals surface area contributed by atoms with E-state index in [2.05, 4.69) is 10.4 Å². The molecule has 0 bridgehead atoms. The van der Waals surface area contributed by atoms with E-state index in [1.807, 2.05) is 33.3 Å². The van der Waals surface area contributed by atoms with Crippen LogP contribution in [0.25, 0.3) is 0 Å². The third-order valence-electron chi connectivity index (χ3n) is 2.38. The number of aromatic nitrogens is 2. The Kier molecular flexibility index (Phi) is 6.21. The van der Waals surface area contributed by atoms with Crippen molar-refractivity contribution in [2.24, 2.45) is 7.05 Å². The van der Waals surface area contributed by atoms with Crippen molar-refractivity contribution in [2.45, 2.75) is 37.2 Å². The summed E-state index contributed by atoms with van der Waals surface area (Å²) in [5.41, 5.74) is 0. The second kappa shape index (κ2) is 7.43. The summed E-state index contributed by atoms with van der Waals surface area (Å²) in [6, 6.07) is 0.0247. The van der Waals surface area contributed by atoms with Crippen LogP contribution in [0.1, 0.15) is 20.3 Å². The maximum absolute atomic E-state index is 11.6. The van der Waals surface area contributed by atoms with Crippen molar-refractivity contribution in [1.29, 1.82) is 0 Å². The van der Waals surface area contributed by atoms with E-state index in [0.29, 0.717) is 0 Å². The molecular weight excluding hydrogens is 250 g/mol. The third kappa shape index (κ3) is 5.10. The number of rotatable bonds is 7. The van der Waals surface area contributed by atoms with Gasteiger partial charge in [-0.3, -0.25) is 9.48 Å². The molecule has 1 aromatic heterocycles. The fourth-order valence-corrected chi connectivity index (χ4v) is 2.52. The van der Waals surface area contributed by atoms with Crippen molar-refractivity contribution in [3.63, 3.8) is 0 Å². The SMILES string of the molecule is COC(=O)C(CCSc1cnn(C)c1)NC(C)C. The van der Waals surface area contributed by atoms with E-state index < -0.39 is 0 Å². The molecule has 0 aliphatic carbocycles. The van der Waals surface area contributed by atoms with Crippen molar-refractivity contribution in [2.75, 3.05) is 12.9 Å². The number of thioether (sulfide) groups is 1. The minimum atomic E-state index is -0.237. The minimum absolute atomic E-state index is 0.199. The maximum Gasteiger partial charge on any atom is 0.322 e. The Labute approximate surface area is 112 Å². The molecule has 0 amide bonds. The molecule has 6 heteroatoms. The van der Waals surface area contributed by atoms with Crippen LogP contribution < -0.4 is 5.32 Å². The smallest absolute Gasteiger partial charge is 0.322 e. The molecule has 0 fully saturated rings. The van der Waals surface area contributed by atoms with Crippen molar-refractivity contribution in [3.05, 3.63) is 12.4 Å². The van der Waals surface area contributed by atoms with Gasteiger partial charge in [0.15, 0.2) is 0 Å². The number of methoxy groups -OCH3 is 1. The van der Waals surface area contributed by atoms with Gasteiger partial charge in [0.05, 0.1) is 13.3 Å². The summed E-state index contributed by atoms with van der Waals surface area (Å²) in [6.45, 7) is 4.04. The predicted octanol–water partition coefficient (Wildman–Crippen LogP) is 1.44. The molecule has 1 unspecified atom stereocenters. The van der Waals surface area contributed by atoms with Gasteiger partial charge in [-0.25, -0.2) is 0 Å². The molecule has 1 N–H and O–H groups in total. The van der Waals surface area contributed by atoms with Gasteiger partial charge in [-0.15, -0.1) is 11.8 Å². The van der Waals surface area contributed by atoms with Gasteiger partial charge in [0.25, 0.3) is 0 Å². The fraction of sp³-hybridized carbons (Fsp3) is 0.667. The monoisotopic (exact) mass is 271 g/mol. The lowest BCUT2D eigenvalue weighted by molar-refractivity contribution is -0.143. The van der Waals surface area contributed by atoms with Crippen molar-refractivity contribution >= 4 is 17.7 Å². The fourth-order valence-electron chi connectivity index (χ4n) is 1.58. The predicted molar refractivity (Wildman–Crippen MR) is 72.6 cm³/mol. The largest absolute Gasteiger partial charge is 0.468 e. The molecule has 0 aliphatic rings. The van der Waals surface area contributed by atoms with Gasteiger partial charge < -0.3 is 10.1 Å². The summed E-state index contributed by atoms with van der Waals surface area (Å²) >= 11 is 1.69. The number of ether oxygens (including phenoxy) is 1. The number of nitrogens with zero attached hydrogens (tertiary/aromatic N) is 2. The molecule has 0 spiro atoms. The van der Waals surface area contributed by atoms with Crippen molar-refractivity contribution in [3.8, 4) is 0 Å². The van der Waals surface area contributed by atoms with E-state index in [4.69, 9.17) is 4.74 Å². The topological polar surface area (TPSA) is 56.1 Å². The molecule has 18 heavy (non-hydrogen) atoms. The Morgan fingerprint density at radius 2 is 2.33 bits per heavy atom. The van der Waals surface area contributed by atoms with Gasteiger partial charge in [-0.1, -0.05) is 13.8 Å². The van der Waals surface area contributed by atoms with Gasteiger partial charge in [-0.2, -0.15) is 5.10 Å². The highest BCUT2D eigenvalue weighted by molar-refractivity contribution is 7.99. The minimum Gasteiger partial charge on any atom is -0.468 e. The van der Waals surface area contributed by atoms with E-state index in [1.54, 1.807) is 16.4 Å². The van der Waals surface area contributed by atoms with Crippen molar-refractivity contribution < 1.29 is 9.53 Å². The lowest BCUT2D eigenvalue weighted by atomic mass is 10.2. The first-order valence-electron chi connectivity index (χ1n) is 5.98. The summed E-state index contributed by atoms with van der Waals surface area (Å²) in [5, 5.41) is 7.32. The average Bonchev–Trinajstić information content (AvgIpc) is 2.72. The lowest BCUT2D eigenvalue weighted by Crippen LogP contribution is -2.41. The molecule has 1 rings (SSSR count). The summed E-state index contributed by atoms with van der Waals surface area (Å²) in [4.78, 5) is 12.7. The van der Waals surface area contributed by atoms with Crippen molar-refractivity contribution in [1.82, 2.24) is 15.1 Å². The maximum atomic E-state index is 11.6. The summed E-state index contributed by atoms with van der Waals surface area (Å²) in [7, 11) is 3.31. The quantitative estimate of drug-likeness (QED) is 0.601. The zero-order chi connectivity index (χ0) is 13.5. The highest BCUT2D eigenvalue weighted by Gasteiger charge is 2.19. The Morgan fingerprint density at radius 3 is 2.83 bits per heavy atom. The zero-order valence-corrected chi connectivity index (χ0v) is 12.2. The van der Waals surface area contributed by atoms with Crippen LogP contribution in [0.15, 0.2) is 17.3 Å². The molecule has 0 aliphatic heterocycles. The molecular formula is C12H21N3O2S. The van der Waals surface area contributed by atoms with Crippen LogP contribution in [0.4, 0.5) is 0 Å². The van der Waals surface area contributed by atoms with Crippen LogP contribution in [0, 0.1) is 0 Å². The highest BCUT2D eigenvalue weighted by atomic mass is 32.2. The van der Waals surface area contributed by atoms with E-state index in [1.165, 1.54) is 7.11 Å². The molecule has 1 atom stereocenters. The van der Waals surface area contributed by atoms with E-state index in [-0.39, 0.29) is 18.1 Å². The molecule has 0 aromatic carbocycles.